The molecule has 2 aromatic rings. The molecule has 1 aromatic carbocycles. The van der Waals surface area contributed by atoms with Gasteiger partial charge in [0.05, 0.1) is 35.8 Å². The summed E-state index contributed by atoms with van der Waals surface area (Å²) in [5, 5.41) is 3.18. The van der Waals surface area contributed by atoms with Gasteiger partial charge < -0.3 is 34.6 Å². The number of pyridine rings is 1. The first-order valence-electron chi connectivity index (χ1n) is 15.8. The number of likely N-dealkylation sites (tertiary alicyclic amines) is 1. The van der Waals surface area contributed by atoms with Crippen molar-refractivity contribution in [2.24, 2.45) is 0 Å². The minimum atomic E-state index is -0.472. The maximum Gasteiger partial charge on any atom is 0.249 e. The van der Waals surface area contributed by atoms with E-state index < -0.39 is 6.04 Å². The van der Waals surface area contributed by atoms with Crippen molar-refractivity contribution < 1.29 is 14.3 Å². The summed E-state index contributed by atoms with van der Waals surface area (Å²) in [6, 6.07) is 6.48. The van der Waals surface area contributed by atoms with Crippen LogP contribution in [0.3, 0.4) is 0 Å². The number of hydrogen-bond acceptors (Lipinski definition) is 8. The Labute approximate surface area is 254 Å². The molecule has 0 bridgehead atoms. The lowest BCUT2D eigenvalue weighted by Crippen LogP contribution is -2.64. The molecule has 3 atom stereocenters. The number of carbonyl (C=O) groups excluding carboxylic acids is 2. The predicted octanol–water partition coefficient (Wildman–Crippen LogP) is 3.04. The van der Waals surface area contributed by atoms with Gasteiger partial charge in [0, 0.05) is 44.3 Å². The zero-order valence-electron chi connectivity index (χ0n) is 25.6. The Morgan fingerprint density at radius 3 is 2.79 bits per heavy atom. The molecule has 2 amide bonds. The van der Waals surface area contributed by atoms with Crippen LogP contribution >= 0.6 is 0 Å². The Morgan fingerprint density at radius 1 is 1.14 bits per heavy atom. The van der Waals surface area contributed by atoms with Crippen LogP contribution in [-0.2, 0) is 29.0 Å². The highest BCUT2D eigenvalue weighted by atomic mass is 16.5. The van der Waals surface area contributed by atoms with E-state index >= 15 is 0 Å². The van der Waals surface area contributed by atoms with Crippen LogP contribution in [0.1, 0.15) is 43.0 Å². The smallest absolute Gasteiger partial charge is 0.249 e. The number of anilines is 4. The maximum absolute atomic E-state index is 13.6. The third-order valence-electron chi connectivity index (χ3n) is 10.2. The summed E-state index contributed by atoms with van der Waals surface area (Å²) in [4.78, 5) is 42.5. The SMILES string of the molecule is C=CC(=O)N1C[C@@H]2C(=O)Nc3c(OC[C@@H]4CCCN4C)nc4c(c3N2C[C@H]1C)CCN(c1cccc2c1N(C)CCC2)C4. The number of ether oxygens (including phenoxy) is 1. The van der Waals surface area contributed by atoms with Gasteiger partial charge in [-0.3, -0.25) is 9.59 Å². The zero-order chi connectivity index (χ0) is 29.8. The van der Waals surface area contributed by atoms with Gasteiger partial charge in [0.25, 0.3) is 0 Å². The third-order valence-corrected chi connectivity index (χ3v) is 10.2. The lowest BCUT2D eigenvalue weighted by molar-refractivity contribution is -0.130. The van der Waals surface area contributed by atoms with Gasteiger partial charge in [-0.05, 0) is 70.3 Å². The van der Waals surface area contributed by atoms with E-state index in [1.165, 1.54) is 35.0 Å². The number of para-hydroxylation sites is 1. The van der Waals surface area contributed by atoms with Gasteiger partial charge in [-0.15, -0.1) is 0 Å². The first-order chi connectivity index (χ1) is 20.8. The average molecular weight is 586 g/mol. The monoisotopic (exact) mass is 585 g/mol. The molecule has 0 saturated carbocycles. The molecular formula is C33H43N7O3. The first-order valence-corrected chi connectivity index (χ1v) is 15.8. The Hall–Kier alpha value is -3.79. The topological polar surface area (TPSA) is 84.5 Å². The number of piperazine rings is 1. The highest BCUT2D eigenvalue weighted by Crippen LogP contribution is 2.46. The molecule has 5 aliphatic rings. The van der Waals surface area contributed by atoms with E-state index in [0.717, 1.165) is 56.7 Å². The maximum atomic E-state index is 13.6. The van der Waals surface area contributed by atoms with Crippen molar-refractivity contribution >= 4 is 34.6 Å². The normalized spacial score (nSPS) is 25.0. The van der Waals surface area contributed by atoms with Crippen LogP contribution in [0.2, 0.25) is 0 Å². The molecule has 228 valence electrons. The predicted molar refractivity (Wildman–Crippen MR) is 169 cm³/mol. The van der Waals surface area contributed by atoms with Gasteiger partial charge in [-0.25, -0.2) is 4.98 Å². The number of rotatable bonds is 5. The zero-order valence-corrected chi connectivity index (χ0v) is 25.6. The number of aryl methyl sites for hydroxylation is 1. The van der Waals surface area contributed by atoms with Crippen molar-refractivity contribution in [3.05, 3.63) is 47.7 Å². The Balaban J connectivity index is 1.28. The highest BCUT2D eigenvalue weighted by molar-refractivity contribution is 6.06. The van der Waals surface area contributed by atoms with Gasteiger partial charge in [-0.2, -0.15) is 0 Å². The number of carbonyl (C=O) groups is 2. The van der Waals surface area contributed by atoms with Gasteiger partial charge in [0.2, 0.25) is 17.7 Å². The van der Waals surface area contributed by atoms with Crippen LogP contribution in [0, 0.1) is 0 Å². The van der Waals surface area contributed by atoms with Crippen molar-refractivity contribution in [2.45, 2.75) is 63.7 Å². The fraction of sp³-hybridized carbons (Fsp3) is 0.545. The van der Waals surface area contributed by atoms with Crippen LogP contribution in [-0.4, -0.2) is 98.1 Å². The summed E-state index contributed by atoms with van der Waals surface area (Å²) in [6.07, 6.45) is 6.69. The average Bonchev–Trinajstić information content (AvgIpc) is 3.43. The standard InChI is InChI=1S/C33H43N7O3/c1-5-28(41)39-19-27-32(42)35-29-31(40(27)17-21(39)2)24-13-16-38(26-12-6-9-22-10-7-15-37(4)30(22)26)18-25(24)34-33(29)43-20-23-11-8-14-36(23)3/h5-6,9,12,21,23,27H,1,7-8,10-11,13-20H2,2-4H3,(H,35,42)/t21-,23+,27-/m1/s1. The van der Waals surface area contributed by atoms with Crippen LogP contribution in [0.4, 0.5) is 22.7 Å². The number of amides is 2. The Morgan fingerprint density at radius 2 is 2.00 bits per heavy atom. The molecule has 7 rings (SSSR count). The van der Waals surface area contributed by atoms with E-state index in [9.17, 15) is 9.59 Å². The third kappa shape index (κ3) is 4.80. The number of benzene rings is 1. The Kier molecular flexibility index (Phi) is 7.19. The summed E-state index contributed by atoms with van der Waals surface area (Å²) in [5.41, 5.74) is 7.89. The summed E-state index contributed by atoms with van der Waals surface area (Å²) in [7, 11) is 4.34. The molecule has 0 unspecified atom stereocenters. The lowest BCUT2D eigenvalue weighted by Gasteiger charge is -2.49. The lowest BCUT2D eigenvalue weighted by atomic mass is 9.94. The van der Waals surface area contributed by atoms with E-state index in [1.807, 2.05) is 6.92 Å². The van der Waals surface area contributed by atoms with E-state index in [-0.39, 0.29) is 17.9 Å². The van der Waals surface area contributed by atoms with Crippen molar-refractivity contribution in [1.29, 1.82) is 0 Å². The van der Waals surface area contributed by atoms with Crippen molar-refractivity contribution in [2.75, 3.05) is 73.4 Å². The molecule has 43 heavy (non-hydrogen) atoms. The van der Waals surface area contributed by atoms with E-state index in [4.69, 9.17) is 9.72 Å². The fourth-order valence-corrected chi connectivity index (χ4v) is 7.81. The van der Waals surface area contributed by atoms with Crippen molar-refractivity contribution in [3.63, 3.8) is 0 Å². The van der Waals surface area contributed by atoms with Crippen molar-refractivity contribution in [1.82, 2.24) is 14.8 Å². The highest BCUT2D eigenvalue weighted by Gasteiger charge is 2.44. The van der Waals surface area contributed by atoms with Gasteiger partial charge >= 0.3 is 0 Å². The van der Waals surface area contributed by atoms with E-state index in [0.29, 0.717) is 43.9 Å². The van der Waals surface area contributed by atoms with Crippen LogP contribution in [0.5, 0.6) is 5.88 Å². The minimum Gasteiger partial charge on any atom is -0.474 e. The second-order valence-electron chi connectivity index (χ2n) is 12.8. The quantitative estimate of drug-likeness (QED) is 0.537. The van der Waals surface area contributed by atoms with Crippen LogP contribution < -0.4 is 24.8 Å². The largest absolute Gasteiger partial charge is 0.474 e. The molecule has 2 saturated heterocycles. The molecule has 6 heterocycles. The molecule has 1 N–H and O–H groups in total. The molecule has 10 nitrogen and oxygen atoms in total. The second kappa shape index (κ2) is 11.0. The number of hydrogen-bond donors (Lipinski definition) is 1. The van der Waals surface area contributed by atoms with E-state index in [1.54, 1.807) is 4.90 Å². The number of aromatic nitrogens is 1. The van der Waals surface area contributed by atoms with Crippen LogP contribution in [0.15, 0.2) is 30.9 Å². The number of nitrogens with zero attached hydrogens (tertiary/aromatic N) is 6. The Bertz CT molecular complexity index is 1460. The minimum absolute atomic E-state index is 0.0627. The molecule has 5 aliphatic heterocycles. The molecule has 0 spiro atoms. The van der Waals surface area contributed by atoms with Crippen LogP contribution in [0.25, 0.3) is 0 Å². The summed E-state index contributed by atoms with van der Waals surface area (Å²) in [5.74, 6) is 0.244. The molecule has 10 heteroatoms. The summed E-state index contributed by atoms with van der Waals surface area (Å²) >= 11 is 0. The van der Waals surface area contributed by atoms with Crippen molar-refractivity contribution in [3.8, 4) is 5.88 Å². The summed E-state index contributed by atoms with van der Waals surface area (Å²) in [6.45, 7) is 10.8. The molecular weight excluding hydrogens is 542 g/mol. The van der Waals surface area contributed by atoms with Gasteiger partial charge in [0.1, 0.15) is 18.3 Å². The number of fused-ring (bicyclic) bond motifs is 6. The fourth-order valence-electron chi connectivity index (χ4n) is 7.81. The van der Waals surface area contributed by atoms with E-state index in [2.05, 4.69) is 63.8 Å². The first kappa shape index (κ1) is 28.0. The van der Waals surface area contributed by atoms with Gasteiger partial charge in [-0.1, -0.05) is 18.7 Å². The number of likely N-dealkylation sites (N-methyl/N-ethyl adjacent to an activating group) is 1. The molecule has 2 fully saturated rings. The second-order valence-corrected chi connectivity index (χ2v) is 12.8. The number of nitrogens with one attached hydrogen (secondary N) is 1. The summed E-state index contributed by atoms with van der Waals surface area (Å²) < 4.78 is 6.51. The van der Waals surface area contributed by atoms with Gasteiger partial charge in [0.15, 0.2) is 0 Å². The molecule has 0 aliphatic carbocycles. The molecule has 0 radical (unpaired) electrons. The molecule has 1 aromatic heterocycles.